The Morgan fingerprint density at radius 1 is 1.18 bits per heavy atom. The molecule has 2 aromatic rings. The van der Waals surface area contributed by atoms with Gasteiger partial charge in [0.2, 0.25) is 0 Å². The Morgan fingerprint density at radius 2 is 1.82 bits per heavy atom. The van der Waals surface area contributed by atoms with Crippen molar-refractivity contribution in [1.29, 1.82) is 0 Å². The average molecular weight is 230 g/mol. The molecule has 2 N–H and O–H groups in total. The third kappa shape index (κ3) is 1.96. The van der Waals surface area contributed by atoms with Gasteiger partial charge in [0.15, 0.2) is 0 Å². The molecule has 0 unspecified atom stereocenters. The standard InChI is InChI=1S/C14H14O3/c1-8(2)13-11(14(16)17)6-4-9-3-5-10(15)7-12(9)13/h3-8,15H,1-2H3,(H,16,17). The number of hydrogen-bond acceptors (Lipinski definition) is 2. The topological polar surface area (TPSA) is 57.5 Å². The maximum atomic E-state index is 11.2. The summed E-state index contributed by atoms with van der Waals surface area (Å²) in [6.45, 7) is 3.90. The summed E-state index contributed by atoms with van der Waals surface area (Å²) in [5, 5.41) is 20.4. The molecule has 0 spiro atoms. The highest BCUT2D eigenvalue weighted by Crippen LogP contribution is 2.31. The molecule has 88 valence electrons. The largest absolute Gasteiger partial charge is 0.508 e. The lowest BCUT2D eigenvalue weighted by molar-refractivity contribution is 0.0695. The van der Waals surface area contributed by atoms with Gasteiger partial charge in [-0.2, -0.15) is 0 Å². The van der Waals surface area contributed by atoms with Gasteiger partial charge >= 0.3 is 5.97 Å². The van der Waals surface area contributed by atoms with Crippen LogP contribution in [0.4, 0.5) is 0 Å². The van der Waals surface area contributed by atoms with Crippen molar-refractivity contribution >= 4 is 16.7 Å². The summed E-state index contributed by atoms with van der Waals surface area (Å²) >= 11 is 0. The van der Waals surface area contributed by atoms with Crippen LogP contribution in [0.5, 0.6) is 5.75 Å². The van der Waals surface area contributed by atoms with Gasteiger partial charge in [0.05, 0.1) is 5.56 Å². The SMILES string of the molecule is CC(C)c1c(C(=O)O)ccc2ccc(O)cc12. The van der Waals surface area contributed by atoms with E-state index >= 15 is 0 Å². The summed E-state index contributed by atoms with van der Waals surface area (Å²) in [6, 6.07) is 8.41. The molecule has 0 amide bonds. The number of fused-ring (bicyclic) bond motifs is 1. The van der Waals surface area contributed by atoms with Gasteiger partial charge in [0.1, 0.15) is 5.75 Å². The molecule has 0 aliphatic rings. The van der Waals surface area contributed by atoms with E-state index in [1.54, 1.807) is 30.3 Å². The highest BCUT2D eigenvalue weighted by Gasteiger charge is 2.16. The van der Waals surface area contributed by atoms with E-state index in [2.05, 4.69) is 0 Å². The number of rotatable bonds is 2. The summed E-state index contributed by atoms with van der Waals surface area (Å²) in [4.78, 5) is 11.2. The van der Waals surface area contributed by atoms with E-state index in [0.29, 0.717) is 5.56 Å². The molecule has 0 radical (unpaired) electrons. The van der Waals surface area contributed by atoms with E-state index in [4.69, 9.17) is 0 Å². The number of benzene rings is 2. The molecule has 2 aromatic carbocycles. The molecule has 0 aliphatic carbocycles. The number of phenols is 1. The first-order valence-corrected chi connectivity index (χ1v) is 5.49. The highest BCUT2D eigenvalue weighted by molar-refractivity contribution is 5.98. The molecule has 0 bridgehead atoms. The van der Waals surface area contributed by atoms with Crippen LogP contribution in [0.3, 0.4) is 0 Å². The van der Waals surface area contributed by atoms with E-state index in [9.17, 15) is 15.0 Å². The van der Waals surface area contributed by atoms with Crippen molar-refractivity contribution in [2.75, 3.05) is 0 Å². The van der Waals surface area contributed by atoms with Crippen LogP contribution >= 0.6 is 0 Å². The Labute approximate surface area is 99.3 Å². The minimum atomic E-state index is -0.932. The molecule has 0 aliphatic heterocycles. The Hall–Kier alpha value is -2.03. The van der Waals surface area contributed by atoms with Gasteiger partial charge in [-0.3, -0.25) is 0 Å². The molecule has 0 fully saturated rings. The van der Waals surface area contributed by atoms with E-state index in [-0.39, 0.29) is 11.7 Å². The fraction of sp³-hybridized carbons (Fsp3) is 0.214. The van der Waals surface area contributed by atoms with Crippen LogP contribution in [0.2, 0.25) is 0 Å². The lowest BCUT2D eigenvalue weighted by Crippen LogP contribution is -2.04. The lowest BCUT2D eigenvalue weighted by Gasteiger charge is -2.13. The molecule has 17 heavy (non-hydrogen) atoms. The molecular formula is C14H14O3. The maximum absolute atomic E-state index is 11.2. The summed E-state index contributed by atoms with van der Waals surface area (Å²) in [5.41, 5.74) is 1.07. The number of carboxylic acid groups (broad SMARTS) is 1. The average Bonchev–Trinajstić information content (AvgIpc) is 2.26. The van der Waals surface area contributed by atoms with Crippen molar-refractivity contribution in [1.82, 2.24) is 0 Å². The highest BCUT2D eigenvalue weighted by atomic mass is 16.4. The predicted octanol–water partition coefficient (Wildman–Crippen LogP) is 3.37. The van der Waals surface area contributed by atoms with Gasteiger partial charge in [-0.25, -0.2) is 4.79 Å². The number of phenolic OH excluding ortho intramolecular Hbond substituents is 1. The van der Waals surface area contributed by atoms with Gasteiger partial charge in [-0.1, -0.05) is 26.0 Å². The van der Waals surface area contributed by atoms with Gasteiger partial charge in [0.25, 0.3) is 0 Å². The minimum absolute atomic E-state index is 0.0894. The fourth-order valence-corrected chi connectivity index (χ4v) is 2.14. The number of carbonyl (C=O) groups is 1. The number of aromatic carboxylic acids is 1. The Morgan fingerprint density at radius 3 is 2.41 bits per heavy atom. The van der Waals surface area contributed by atoms with Crippen molar-refractivity contribution in [2.24, 2.45) is 0 Å². The second kappa shape index (κ2) is 4.09. The van der Waals surface area contributed by atoms with Gasteiger partial charge in [-0.05, 0) is 40.5 Å². The van der Waals surface area contributed by atoms with Crippen molar-refractivity contribution < 1.29 is 15.0 Å². The monoisotopic (exact) mass is 230 g/mol. The van der Waals surface area contributed by atoms with Crippen LogP contribution in [-0.2, 0) is 0 Å². The summed E-state index contributed by atoms with van der Waals surface area (Å²) in [6.07, 6.45) is 0. The van der Waals surface area contributed by atoms with Crippen LogP contribution in [0.1, 0.15) is 35.7 Å². The number of aromatic hydroxyl groups is 1. The first-order valence-electron chi connectivity index (χ1n) is 5.49. The summed E-state index contributed by atoms with van der Waals surface area (Å²) < 4.78 is 0. The lowest BCUT2D eigenvalue weighted by atomic mass is 9.91. The molecule has 2 rings (SSSR count). The van der Waals surface area contributed by atoms with Gasteiger partial charge < -0.3 is 10.2 Å². The quantitative estimate of drug-likeness (QED) is 0.831. The molecule has 0 saturated carbocycles. The predicted molar refractivity (Wildman–Crippen MR) is 66.7 cm³/mol. The van der Waals surface area contributed by atoms with Crippen molar-refractivity contribution in [3.63, 3.8) is 0 Å². The summed E-state index contributed by atoms with van der Waals surface area (Å²) in [7, 11) is 0. The van der Waals surface area contributed by atoms with E-state index in [1.807, 2.05) is 13.8 Å². The third-order valence-electron chi connectivity index (χ3n) is 2.85. The first kappa shape index (κ1) is 11.5. The molecule has 0 heterocycles. The van der Waals surface area contributed by atoms with Crippen LogP contribution in [0.25, 0.3) is 10.8 Å². The zero-order valence-corrected chi connectivity index (χ0v) is 9.77. The Bertz CT molecular complexity index is 585. The van der Waals surface area contributed by atoms with E-state index in [0.717, 1.165) is 16.3 Å². The Balaban J connectivity index is 2.87. The van der Waals surface area contributed by atoms with Crippen molar-refractivity contribution in [3.05, 3.63) is 41.5 Å². The summed E-state index contributed by atoms with van der Waals surface area (Å²) in [5.74, 6) is -0.688. The second-order valence-electron chi connectivity index (χ2n) is 4.39. The number of hydrogen-bond donors (Lipinski definition) is 2. The fourth-order valence-electron chi connectivity index (χ4n) is 2.14. The minimum Gasteiger partial charge on any atom is -0.508 e. The number of carboxylic acids is 1. The van der Waals surface area contributed by atoms with Crippen LogP contribution in [0, 0.1) is 0 Å². The zero-order chi connectivity index (χ0) is 12.6. The van der Waals surface area contributed by atoms with Crippen molar-refractivity contribution in [3.8, 4) is 5.75 Å². The normalized spacial score (nSPS) is 11.0. The third-order valence-corrected chi connectivity index (χ3v) is 2.85. The van der Waals surface area contributed by atoms with Crippen LogP contribution < -0.4 is 0 Å². The second-order valence-corrected chi connectivity index (χ2v) is 4.39. The van der Waals surface area contributed by atoms with E-state index < -0.39 is 5.97 Å². The smallest absolute Gasteiger partial charge is 0.335 e. The maximum Gasteiger partial charge on any atom is 0.335 e. The van der Waals surface area contributed by atoms with Crippen molar-refractivity contribution in [2.45, 2.75) is 19.8 Å². The van der Waals surface area contributed by atoms with E-state index in [1.165, 1.54) is 0 Å². The molecule has 0 saturated heterocycles. The zero-order valence-electron chi connectivity index (χ0n) is 9.77. The van der Waals surface area contributed by atoms with Crippen LogP contribution in [-0.4, -0.2) is 16.2 Å². The molecule has 0 atom stereocenters. The first-order chi connectivity index (χ1) is 8.00. The Kier molecular flexibility index (Phi) is 2.76. The molecular weight excluding hydrogens is 216 g/mol. The van der Waals surface area contributed by atoms with Crippen LogP contribution in [0.15, 0.2) is 30.3 Å². The molecule has 0 aromatic heterocycles. The van der Waals surface area contributed by atoms with Gasteiger partial charge in [-0.15, -0.1) is 0 Å². The molecule has 3 nitrogen and oxygen atoms in total. The van der Waals surface area contributed by atoms with Gasteiger partial charge in [0, 0.05) is 0 Å². The molecule has 3 heteroatoms.